The first-order valence-electron chi connectivity index (χ1n) is 3.93. The van der Waals surface area contributed by atoms with E-state index in [-0.39, 0.29) is 0 Å². The van der Waals surface area contributed by atoms with E-state index in [1.54, 1.807) is 0 Å². The molecule has 0 aliphatic carbocycles. The summed E-state index contributed by atoms with van der Waals surface area (Å²) in [6.45, 7) is 4.19. The van der Waals surface area contributed by atoms with Gasteiger partial charge in [0.1, 0.15) is 0 Å². The van der Waals surface area contributed by atoms with Gasteiger partial charge in [-0.25, -0.2) is 9.59 Å². The molecule has 0 saturated carbocycles. The highest BCUT2D eigenvalue weighted by Crippen LogP contribution is 1.99. The third kappa shape index (κ3) is 5.77. The molecule has 0 aromatic heterocycles. The first-order chi connectivity index (χ1) is 6.43. The lowest BCUT2D eigenvalue weighted by molar-refractivity contribution is -0.159. The van der Waals surface area contributed by atoms with Crippen LogP contribution in [0.5, 0.6) is 0 Å². The first-order valence-corrected chi connectivity index (χ1v) is 3.93. The molecule has 0 amide bonds. The number of carbonyl (C=O) groups is 2. The van der Waals surface area contributed by atoms with Crippen molar-refractivity contribution in [3.8, 4) is 0 Å². The van der Waals surface area contributed by atoms with E-state index in [2.05, 4.69) is 38.1 Å². The van der Waals surface area contributed by atoms with Gasteiger partial charge >= 0.3 is 11.9 Å². The van der Waals surface area contributed by atoms with E-state index in [0.29, 0.717) is 0 Å². The number of aliphatic carboxylic acids is 2. The van der Waals surface area contributed by atoms with Gasteiger partial charge in [-0.05, 0) is 13.8 Å². The third-order valence-corrected chi connectivity index (χ3v) is 1.40. The molecule has 1 aromatic rings. The predicted octanol–water partition coefficient (Wildman–Crippen LogP) is 1.46. The van der Waals surface area contributed by atoms with Crippen LogP contribution in [0.1, 0.15) is 11.1 Å². The fourth-order valence-corrected chi connectivity index (χ4v) is 0.637. The summed E-state index contributed by atoms with van der Waals surface area (Å²) in [7, 11) is 0. The lowest BCUT2D eigenvalue weighted by Crippen LogP contribution is -2.09. The fourth-order valence-electron chi connectivity index (χ4n) is 0.637. The van der Waals surface area contributed by atoms with Gasteiger partial charge in [0.15, 0.2) is 0 Å². The number of rotatable bonds is 0. The Morgan fingerprint density at radius 2 is 1.07 bits per heavy atom. The van der Waals surface area contributed by atoms with Gasteiger partial charge in [-0.3, -0.25) is 0 Å². The van der Waals surface area contributed by atoms with Crippen LogP contribution in [0.25, 0.3) is 0 Å². The zero-order valence-electron chi connectivity index (χ0n) is 8.02. The molecule has 1 rings (SSSR count). The Kier molecular flexibility index (Phi) is 4.99. The standard InChI is InChI=1S/C8H10.C2H2O4/c1-7-3-5-8(2)6-4-7;3-1(4)2(5)6/h3-6H,1-2H3;(H,3,4)(H,5,6). The lowest BCUT2D eigenvalue weighted by atomic mass is 10.2. The van der Waals surface area contributed by atoms with Gasteiger partial charge in [0, 0.05) is 0 Å². The molecule has 4 heteroatoms. The molecule has 0 aliphatic heterocycles. The van der Waals surface area contributed by atoms with Crippen molar-refractivity contribution in [1.82, 2.24) is 0 Å². The number of hydrogen-bond acceptors (Lipinski definition) is 2. The maximum atomic E-state index is 9.10. The van der Waals surface area contributed by atoms with E-state index in [1.165, 1.54) is 11.1 Å². The van der Waals surface area contributed by atoms with Crippen molar-refractivity contribution in [3.63, 3.8) is 0 Å². The minimum Gasteiger partial charge on any atom is -0.473 e. The van der Waals surface area contributed by atoms with Gasteiger partial charge in [-0.1, -0.05) is 35.4 Å². The largest absolute Gasteiger partial charge is 0.473 e. The van der Waals surface area contributed by atoms with Crippen LogP contribution in [0.4, 0.5) is 0 Å². The van der Waals surface area contributed by atoms with E-state index in [1.807, 2.05) is 0 Å². The minimum absolute atomic E-state index is 1.33. The molecule has 14 heavy (non-hydrogen) atoms. The van der Waals surface area contributed by atoms with Gasteiger partial charge in [-0.2, -0.15) is 0 Å². The maximum absolute atomic E-state index is 9.10. The van der Waals surface area contributed by atoms with Crippen LogP contribution in [0.15, 0.2) is 24.3 Å². The molecule has 0 radical (unpaired) electrons. The van der Waals surface area contributed by atoms with E-state index < -0.39 is 11.9 Å². The molecule has 76 valence electrons. The van der Waals surface area contributed by atoms with Crippen LogP contribution < -0.4 is 0 Å². The van der Waals surface area contributed by atoms with Gasteiger partial charge in [0.05, 0.1) is 0 Å². The van der Waals surface area contributed by atoms with Crippen molar-refractivity contribution < 1.29 is 19.8 Å². The van der Waals surface area contributed by atoms with Gasteiger partial charge < -0.3 is 10.2 Å². The van der Waals surface area contributed by atoms with Crippen molar-refractivity contribution in [2.75, 3.05) is 0 Å². The Morgan fingerprint density at radius 3 is 1.21 bits per heavy atom. The lowest BCUT2D eigenvalue weighted by Gasteiger charge is -1.90. The molecular weight excluding hydrogens is 184 g/mol. The number of hydrogen-bond donors (Lipinski definition) is 2. The normalized spacial score (nSPS) is 8.43. The molecule has 0 spiro atoms. The zero-order valence-corrected chi connectivity index (χ0v) is 8.02. The molecule has 0 fully saturated rings. The molecule has 2 N–H and O–H groups in total. The topological polar surface area (TPSA) is 74.6 Å². The second-order valence-corrected chi connectivity index (χ2v) is 2.77. The predicted molar refractivity (Wildman–Crippen MR) is 51.2 cm³/mol. The third-order valence-electron chi connectivity index (χ3n) is 1.40. The number of carboxylic acid groups (broad SMARTS) is 2. The number of aryl methyl sites for hydroxylation is 2. The van der Waals surface area contributed by atoms with Crippen LogP contribution in [-0.4, -0.2) is 22.2 Å². The SMILES string of the molecule is Cc1ccc(C)cc1.O=C(O)C(=O)O. The summed E-state index contributed by atoms with van der Waals surface area (Å²) in [5.74, 6) is -3.65. The summed E-state index contributed by atoms with van der Waals surface area (Å²) in [6.07, 6.45) is 0. The van der Waals surface area contributed by atoms with Gasteiger partial charge in [0.2, 0.25) is 0 Å². The van der Waals surface area contributed by atoms with Crippen molar-refractivity contribution in [2.24, 2.45) is 0 Å². The Morgan fingerprint density at radius 1 is 0.857 bits per heavy atom. The quantitative estimate of drug-likeness (QED) is 0.616. The Labute approximate surface area is 81.8 Å². The smallest absolute Gasteiger partial charge is 0.414 e. The first kappa shape index (κ1) is 12.2. The molecule has 0 saturated heterocycles. The number of benzene rings is 1. The van der Waals surface area contributed by atoms with E-state index in [0.717, 1.165) is 0 Å². The van der Waals surface area contributed by atoms with E-state index in [4.69, 9.17) is 19.8 Å². The Balaban J connectivity index is 0.000000255. The summed E-state index contributed by atoms with van der Waals surface area (Å²) in [6, 6.07) is 8.48. The minimum atomic E-state index is -1.82. The average molecular weight is 196 g/mol. The zero-order chi connectivity index (χ0) is 11.1. The van der Waals surface area contributed by atoms with E-state index in [9.17, 15) is 0 Å². The maximum Gasteiger partial charge on any atom is 0.414 e. The Bertz CT molecular complexity index is 280. The average Bonchev–Trinajstić information content (AvgIpc) is 2.11. The molecule has 0 atom stereocenters. The monoisotopic (exact) mass is 196 g/mol. The van der Waals surface area contributed by atoms with Crippen LogP contribution in [-0.2, 0) is 9.59 Å². The summed E-state index contributed by atoms with van der Waals surface area (Å²) in [4.78, 5) is 18.2. The number of carboxylic acids is 2. The second kappa shape index (κ2) is 5.75. The van der Waals surface area contributed by atoms with Crippen molar-refractivity contribution in [2.45, 2.75) is 13.8 Å². The van der Waals surface area contributed by atoms with Crippen LogP contribution in [0.2, 0.25) is 0 Å². The van der Waals surface area contributed by atoms with Crippen molar-refractivity contribution >= 4 is 11.9 Å². The van der Waals surface area contributed by atoms with Gasteiger partial charge in [-0.15, -0.1) is 0 Å². The summed E-state index contributed by atoms with van der Waals surface area (Å²) in [5.41, 5.74) is 2.66. The van der Waals surface area contributed by atoms with E-state index >= 15 is 0 Å². The highest BCUT2D eigenvalue weighted by molar-refractivity contribution is 6.27. The highest BCUT2D eigenvalue weighted by Gasteiger charge is 2.04. The molecule has 4 nitrogen and oxygen atoms in total. The van der Waals surface area contributed by atoms with Crippen molar-refractivity contribution in [3.05, 3.63) is 35.4 Å². The molecule has 0 aliphatic rings. The summed E-state index contributed by atoms with van der Waals surface area (Å²) in [5, 5.41) is 14.8. The molecule has 1 aromatic carbocycles. The summed E-state index contributed by atoms with van der Waals surface area (Å²) >= 11 is 0. The fraction of sp³-hybridized carbons (Fsp3) is 0.200. The molecule has 0 unspecified atom stereocenters. The Hall–Kier alpha value is -1.84. The summed E-state index contributed by atoms with van der Waals surface area (Å²) < 4.78 is 0. The molecular formula is C10H12O4. The highest BCUT2D eigenvalue weighted by atomic mass is 16.4. The van der Waals surface area contributed by atoms with Gasteiger partial charge in [0.25, 0.3) is 0 Å². The molecule has 0 heterocycles. The van der Waals surface area contributed by atoms with Crippen LogP contribution >= 0.6 is 0 Å². The molecule has 0 bridgehead atoms. The second-order valence-electron chi connectivity index (χ2n) is 2.77. The van der Waals surface area contributed by atoms with Crippen LogP contribution in [0, 0.1) is 13.8 Å². The van der Waals surface area contributed by atoms with Crippen LogP contribution in [0.3, 0.4) is 0 Å². The van der Waals surface area contributed by atoms with Crippen molar-refractivity contribution in [1.29, 1.82) is 0 Å².